The molecule has 4 rings (SSSR count). The van der Waals surface area contributed by atoms with Crippen molar-refractivity contribution in [2.75, 3.05) is 37.5 Å². The SMILES string of the molecule is COc1cc(CN2CCCN(c3ccccc3NC(=O)Cc3ccccc3)C2=O)cc(OC)c1. The third-order valence-corrected chi connectivity index (χ3v) is 5.77. The maximum absolute atomic E-state index is 13.4. The fraction of sp³-hybridized carbons (Fsp3) is 0.259. The molecule has 0 atom stereocenters. The van der Waals surface area contributed by atoms with Crippen LogP contribution in [0.25, 0.3) is 0 Å². The van der Waals surface area contributed by atoms with Gasteiger partial charge in [-0.05, 0) is 41.8 Å². The number of methoxy groups -OCH3 is 2. The zero-order valence-corrected chi connectivity index (χ0v) is 19.5. The highest BCUT2D eigenvalue weighted by atomic mass is 16.5. The largest absolute Gasteiger partial charge is 0.497 e. The van der Waals surface area contributed by atoms with Gasteiger partial charge in [-0.25, -0.2) is 4.79 Å². The summed E-state index contributed by atoms with van der Waals surface area (Å²) in [6, 6.07) is 22.6. The van der Waals surface area contributed by atoms with Crippen LogP contribution in [0.4, 0.5) is 16.2 Å². The first-order valence-electron chi connectivity index (χ1n) is 11.3. The van der Waals surface area contributed by atoms with Crippen LogP contribution >= 0.6 is 0 Å². The van der Waals surface area contributed by atoms with Crippen LogP contribution in [0, 0.1) is 0 Å². The highest BCUT2D eigenvalue weighted by molar-refractivity contribution is 6.01. The predicted octanol–water partition coefficient (Wildman–Crippen LogP) is 4.72. The van der Waals surface area contributed by atoms with Gasteiger partial charge in [0.25, 0.3) is 0 Å². The highest BCUT2D eigenvalue weighted by Crippen LogP contribution is 2.30. The van der Waals surface area contributed by atoms with Crippen molar-refractivity contribution in [2.24, 2.45) is 0 Å². The van der Waals surface area contributed by atoms with E-state index in [1.165, 1.54) is 0 Å². The monoisotopic (exact) mass is 459 g/mol. The van der Waals surface area contributed by atoms with Crippen LogP contribution in [0.3, 0.4) is 0 Å². The second kappa shape index (κ2) is 10.7. The molecule has 0 radical (unpaired) electrons. The Morgan fingerprint density at radius 2 is 1.56 bits per heavy atom. The summed E-state index contributed by atoms with van der Waals surface area (Å²) in [4.78, 5) is 29.7. The second-order valence-electron chi connectivity index (χ2n) is 8.16. The van der Waals surface area contributed by atoms with Crippen molar-refractivity contribution in [2.45, 2.75) is 19.4 Å². The number of benzene rings is 3. The first-order chi connectivity index (χ1) is 16.6. The lowest BCUT2D eigenvalue weighted by Crippen LogP contribution is -2.49. The fourth-order valence-electron chi connectivity index (χ4n) is 4.12. The maximum Gasteiger partial charge on any atom is 0.324 e. The van der Waals surface area contributed by atoms with E-state index in [2.05, 4.69) is 5.32 Å². The van der Waals surface area contributed by atoms with Gasteiger partial charge in [0.15, 0.2) is 0 Å². The number of ether oxygens (including phenoxy) is 2. The molecule has 176 valence electrons. The number of nitrogens with zero attached hydrogens (tertiary/aromatic N) is 2. The number of anilines is 2. The van der Waals surface area contributed by atoms with Crippen molar-refractivity contribution < 1.29 is 19.1 Å². The summed E-state index contributed by atoms with van der Waals surface area (Å²) in [7, 11) is 3.21. The number of carbonyl (C=O) groups is 2. The van der Waals surface area contributed by atoms with Crippen molar-refractivity contribution in [1.29, 1.82) is 0 Å². The minimum absolute atomic E-state index is 0.0993. The number of amides is 3. The third-order valence-electron chi connectivity index (χ3n) is 5.77. The number of rotatable bonds is 8. The summed E-state index contributed by atoms with van der Waals surface area (Å²) >= 11 is 0. The molecule has 3 aromatic rings. The van der Waals surface area contributed by atoms with Crippen molar-refractivity contribution in [1.82, 2.24) is 4.90 Å². The van der Waals surface area contributed by atoms with Gasteiger partial charge < -0.3 is 19.7 Å². The van der Waals surface area contributed by atoms with Crippen LogP contribution in [0.1, 0.15) is 17.5 Å². The molecule has 7 nitrogen and oxygen atoms in total. The van der Waals surface area contributed by atoms with Crippen LogP contribution in [0.2, 0.25) is 0 Å². The molecule has 0 unspecified atom stereocenters. The molecule has 3 aromatic carbocycles. The first-order valence-corrected chi connectivity index (χ1v) is 11.3. The average Bonchev–Trinajstić information content (AvgIpc) is 2.86. The molecular formula is C27H29N3O4. The molecule has 0 aromatic heterocycles. The number of hydrogen-bond donors (Lipinski definition) is 1. The quantitative estimate of drug-likeness (QED) is 0.529. The molecule has 3 amide bonds. The Balaban J connectivity index is 1.50. The van der Waals surface area contributed by atoms with Gasteiger partial charge in [-0.1, -0.05) is 42.5 Å². The zero-order valence-electron chi connectivity index (χ0n) is 19.5. The minimum Gasteiger partial charge on any atom is -0.497 e. The zero-order chi connectivity index (χ0) is 23.9. The lowest BCUT2D eigenvalue weighted by molar-refractivity contribution is -0.115. The van der Waals surface area contributed by atoms with Gasteiger partial charge in [0.05, 0.1) is 32.0 Å². The molecule has 7 heteroatoms. The van der Waals surface area contributed by atoms with Crippen LogP contribution in [0.15, 0.2) is 72.8 Å². The normalized spacial score (nSPS) is 13.5. The van der Waals surface area contributed by atoms with Crippen molar-refractivity contribution in [3.8, 4) is 11.5 Å². The van der Waals surface area contributed by atoms with E-state index < -0.39 is 0 Å². The molecular weight excluding hydrogens is 430 g/mol. The van der Waals surface area contributed by atoms with Gasteiger partial charge in [0, 0.05) is 25.7 Å². The van der Waals surface area contributed by atoms with E-state index in [1.807, 2.05) is 72.8 Å². The fourth-order valence-corrected chi connectivity index (χ4v) is 4.12. The van der Waals surface area contributed by atoms with E-state index >= 15 is 0 Å². The Morgan fingerprint density at radius 1 is 0.882 bits per heavy atom. The van der Waals surface area contributed by atoms with E-state index in [0.717, 1.165) is 17.5 Å². The Kier molecular flexibility index (Phi) is 7.32. The topological polar surface area (TPSA) is 71.1 Å². The van der Waals surface area contributed by atoms with Crippen molar-refractivity contribution in [3.63, 3.8) is 0 Å². The maximum atomic E-state index is 13.4. The Bertz CT molecular complexity index is 1130. The molecule has 1 aliphatic heterocycles. The summed E-state index contributed by atoms with van der Waals surface area (Å²) in [5, 5.41) is 2.99. The van der Waals surface area contributed by atoms with Gasteiger partial charge in [-0.15, -0.1) is 0 Å². The lowest BCUT2D eigenvalue weighted by Gasteiger charge is -2.36. The molecule has 0 spiro atoms. The van der Waals surface area contributed by atoms with E-state index in [-0.39, 0.29) is 18.4 Å². The first kappa shape index (κ1) is 23.2. The predicted molar refractivity (Wildman–Crippen MR) is 133 cm³/mol. The van der Waals surface area contributed by atoms with Crippen molar-refractivity contribution in [3.05, 3.63) is 83.9 Å². The second-order valence-corrected chi connectivity index (χ2v) is 8.16. The van der Waals surface area contributed by atoms with Crippen LogP contribution in [-0.4, -0.2) is 44.1 Å². The summed E-state index contributed by atoms with van der Waals surface area (Å²) in [6.45, 7) is 1.67. The summed E-state index contributed by atoms with van der Waals surface area (Å²) in [6.07, 6.45) is 1.09. The Labute approximate surface area is 199 Å². The van der Waals surface area contributed by atoms with E-state index in [9.17, 15) is 9.59 Å². The molecule has 1 N–H and O–H groups in total. The molecule has 0 saturated carbocycles. The number of nitrogens with one attached hydrogen (secondary N) is 1. The standard InChI is InChI=1S/C27H29N3O4/c1-33-22-15-21(16-23(18-22)34-2)19-29-13-8-14-30(27(29)32)25-12-7-6-11-24(25)28-26(31)17-20-9-4-3-5-10-20/h3-7,9-12,15-16,18H,8,13-14,17,19H2,1-2H3,(H,28,31). The lowest BCUT2D eigenvalue weighted by atomic mass is 10.1. The van der Waals surface area contributed by atoms with E-state index in [1.54, 1.807) is 24.0 Å². The van der Waals surface area contributed by atoms with Gasteiger partial charge in [0.1, 0.15) is 11.5 Å². The molecule has 34 heavy (non-hydrogen) atoms. The third kappa shape index (κ3) is 5.49. The van der Waals surface area contributed by atoms with E-state index in [4.69, 9.17) is 9.47 Å². The number of para-hydroxylation sites is 2. The molecule has 1 aliphatic rings. The number of carbonyl (C=O) groups excluding carboxylic acids is 2. The summed E-state index contributed by atoms with van der Waals surface area (Å²) < 4.78 is 10.7. The molecule has 1 saturated heterocycles. The molecule has 1 heterocycles. The number of hydrogen-bond acceptors (Lipinski definition) is 4. The summed E-state index contributed by atoms with van der Waals surface area (Å²) in [5.41, 5.74) is 3.19. The highest BCUT2D eigenvalue weighted by Gasteiger charge is 2.28. The van der Waals surface area contributed by atoms with Gasteiger partial charge in [0.2, 0.25) is 5.91 Å². The van der Waals surface area contributed by atoms with Crippen molar-refractivity contribution >= 4 is 23.3 Å². The molecule has 0 bridgehead atoms. The number of urea groups is 1. The van der Waals surface area contributed by atoms with Gasteiger partial charge in [-0.2, -0.15) is 0 Å². The molecule has 0 aliphatic carbocycles. The minimum atomic E-state index is -0.122. The van der Waals surface area contributed by atoms with Crippen LogP contribution in [0.5, 0.6) is 11.5 Å². The van der Waals surface area contributed by atoms with Crippen LogP contribution < -0.4 is 19.7 Å². The summed E-state index contributed by atoms with van der Waals surface area (Å²) in [5.74, 6) is 1.24. The Morgan fingerprint density at radius 3 is 2.26 bits per heavy atom. The molecule has 1 fully saturated rings. The van der Waals surface area contributed by atoms with E-state index in [0.29, 0.717) is 42.5 Å². The van der Waals surface area contributed by atoms with Gasteiger partial charge in [-0.3, -0.25) is 9.69 Å². The smallest absolute Gasteiger partial charge is 0.324 e. The average molecular weight is 460 g/mol. The van der Waals surface area contributed by atoms with Gasteiger partial charge >= 0.3 is 6.03 Å². The Hall–Kier alpha value is -4.00. The van der Waals surface area contributed by atoms with Crippen LogP contribution in [-0.2, 0) is 17.8 Å².